The van der Waals surface area contributed by atoms with E-state index in [1.807, 2.05) is 12.1 Å². The fourth-order valence-corrected chi connectivity index (χ4v) is 5.12. The fraction of sp³-hybridized carbons (Fsp3) is 0.625. The van der Waals surface area contributed by atoms with Gasteiger partial charge in [0.15, 0.2) is 0 Å². The molecule has 1 heterocycles. The third-order valence-corrected chi connectivity index (χ3v) is 6.21. The first-order valence-corrected chi connectivity index (χ1v) is 9.24. The fourth-order valence-electron chi connectivity index (χ4n) is 3.46. The summed E-state index contributed by atoms with van der Waals surface area (Å²) in [6, 6.07) is 8.14. The molecule has 2 unspecified atom stereocenters. The Morgan fingerprint density at radius 1 is 1.33 bits per heavy atom. The summed E-state index contributed by atoms with van der Waals surface area (Å²) >= 11 is 0. The largest absolute Gasteiger partial charge is 0.377 e. The Labute approximate surface area is 126 Å². The first kappa shape index (κ1) is 15.0. The summed E-state index contributed by atoms with van der Waals surface area (Å²) < 4.78 is 33.1. The van der Waals surface area contributed by atoms with Gasteiger partial charge >= 0.3 is 0 Å². The summed E-state index contributed by atoms with van der Waals surface area (Å²) in [6.45, 7) is 4.90. The van der Waals surface area contributed by atoms with E-state index >= 15 is 0 Å². The van der Waals surface area contributed by atoms with Gasteiger partial charge in [-0.25, -0.2) is 13.1 Å². The van der Waals surface area contributed by atoms with Gasteiger partial charge in [-0.05, 0) is 30.4 Å². The molecule has 1 saturated heterocycles. The smallest absolute Gasteiger partial charge is 0.214 e. The maximum absolute atomic E-state index is 12.4. The van der Waals surface area contributed by atoms with Gasteiger partial charge < -0.3 is 4.74 Å². The first-order chi connectivity index (χ1) is 9.88. The number of sulfonamides is 1. The van der Waals surface area contributed by atoms with Crippen LogP contribution in [0.4, 0.5) is 0 Å². The van der Waals surface area contributed by atoms with E-state index in [9.17, 15) is 8.42 Å². The Morgan fingerprint density at radius 2 is 2.10 bits per heavy atom. The van der Waals surface area contributed by atoms with Gasteiger partial charge in [0.25, 0.3) is 0 Å². The summed E-state index contributed by atoms with van der Waals surface area (Å²) in [4.78, 5) is 0. The molecule has 1 aromatic rings. The highest BCUT2D eigenvalue weighted by Crippen LogP contribution is 2.38. The molecule has 1 aromatic carbocycles. The van der Waals surface area contributed by atoms with Crippen molar-refractivity contribution in [2.24, 2.45) is 0 Å². The molecule has 1 fully saturated rings. The van der Waals surface area contributed by atoms with Crippen molar-refractivity contribution < 1.29 is 13.2 Å². The minimum absolute atomic E-state index is 0.0793. The molecule has 2 aliphatic rings. The zero-order valence-electron chi connectivity index (χ0n) is 12.6. The Bertz CT molecular complexity index is 618. The molecule has 0 spiro atoms. The molecular formula is C16H23NO3S. The summed E-state index contributed by atoms with van der Waals surface area (Å²) in [6.07, 6.45) is 2.42. The van der Waals surface area contributed by atoms with Crippen LogP contribution in [0.5, 0.6) is 0 Å². The van der Waals surface area contributed by atoms with Crippen molar-refractivity contribution in [3.8, 4) is 0 Å². The maximum Gasteiger partial charge on any atom is 0.214 e. The van der Waals surface area contributed by atoms with Crippen molar-refractivity contribution in [2.45, 2.75) is 50.7 Å². The Morgan fingerprint density at radius 3 is 2.76 bits per heavy atom. The summed E-state index contributed by atoms with van der Waals surface area (Å²) in [5, 5.41) is 0. The van der Waals surface area contributed by atoms with Crippen LogP contribution in [0.2, 0.25) is 0 Å². The summed E-state index contributed by atoms with van der Waals surface area (Å²) in [5.41, 5.74) is 2.31. The molecule has 0 bridgehead atoms. The number of hydrogen-bond acceptors (Lipinski definition) is 3. The second-order valence-electron chi connectivity index (χ2n) is 6.67. The number of fused-ring (bicyclic) bond motifs is 1. The highest BCUT2D eigenvalue weighted by atomic mass is 32.2. The number of rotatable bonds is 4. The number of ether oxygens (including phenoxy) is 1. The van der Waals surface area contributed by atoms with E-state index < -0.39 is 10.0 Å². The van der Waals surface area contributed by atoms with Crippen LogP contribution in [0.1, 0.15) is 37.8 Å². The Balaban J connectivity index is 1.74. The molecule has 0 aromatic heterocycles. The third-order valence-electron chi connectivity index (χ3n) is 4.76. The average molecular weight is 309 g/mol. The van der Waals surface area contributed by atoms with Crippen LogP contribution >= 0.6 is 0 Å². The van der Waals surface area contributed by atoms with Gasteiger partial charge in [0, 0.05) is 18.1 Å². The lowest BCUT2D eigenvalue weighted by Crippen LogP contribution is -2.47. The third kappa shape index (κ3) is 3.00. The molecular weight excluding hydrogens is 286 g/mol. The van der Waals surface area contributed by atoms with Crippen LogP contribution in [-0.4, -0.2) is 32.9 Å². The van der Waals surface area contributed by atoms with Crippen LogP contribution in [0.15, 0.2) is 24.3 Å². The second kappa shape index (κ2) is 5.38. The zero-order valence-corrected chi connectivity index (χ0v) is 13.4. The standard InChI is InChI=1S/C16H23NO3S/c1-16(2)14-8-4-3-6-12(14)10-15(16)17-21(18,19)11-13-7-5-9-20-13/h3-4,6,8,13,15,17H,5,7,9-11H2,1-2H3. The van der Waals surface area contributed by atoms with E-state index in [-0.39, 0.29) is 23.3 Å². The van der Waals surface area contributed by atoms with Crippen LogP contribution in [0, 0.1) is 0 Å². The van der Waals surface area contributed by atoms with Crippen LogP contribution in [0.3, 0.4) is 0 Å². The van der Waals surface area contributed by atoms with Crippen molar-refractivity contribution in [1.82, 2.24) is 4.72 Å². The normalized spacial score (nSPS) is 27.7. The monoisotopic (exact) mass is 309 g/mol. The van der Waals surface area contributed by atoms with Crippen molar-refractivity contribution in [3.63, 3.8) is 0 Å². The van der Waals surface area contributed by atoms with Crippen molar-refractivity contribution in [2.75, 3.05) is 12.4 Å². The van der Waals surface area contributed by atoms with E-state index in [1.165, 1.54) is 11.1 Å². The van der Waals surface area contributed by atoms with Gasteiger partial charge in [-0.15, -0.1) is 0 Å². The predicted octanol–water partition coefficient (Wildman–Crippen LogP) is 1.99. The molecule has 0 radical (unpaired) electrons. The van der Waals surface area contributed by atoms with Crippen molar-refractivity contribution in [1.29, 1.82) is 0 Å². The van der Waals surface area contributed by atoms with E-state index in [0.717, 1.165) is 19.3 Å². The zero-order chi connectivity index (χ0) is 15.1. The molecule has 116 valence electrons. The molecule has 0 amide bonds. The summed E-state index contributed by atoms with van der Waals surface area (Å²) in [5.74, 6) is 0.0793. The van der Waals surface area contributed by atoms with Gasteiger partial charge in [-0.3, -0.25) is 0 Å². The van der Waals surface area contributed by atoms with Crippen molar-refractivity contribution in [3.05, 3.63) is 35.4 Å². The highest BCUT2D eigenvalue weighted by Gasteiger charge is 2.41. The van der Waals surface area contributed by atoms with Crippen LogP contribution < -0.4 is 4.72 Å². The topological polar surface area (TPSA) is 55.4 Å². The molecule has 4 nitrogen and oxygen atoms in total. The van der Waals surface area contributed by atoms with Crippen LogP contribution in [-0.2, 0) is 26.6 Å². The number of benzene rings is 1. The first-order valence-electron chi connectivity index (χ1n) is 7.58. The lowest BCUT2D eigenvalue weighted by atomic mass is 9.83. The lowest BCUT2D eigenvalue weighted by molar-refractivity contribution is 0.127. The van der Waals surface area contributed by atoms with Gasteiger partial charge in [0.2, 0.25) is 10.0 Å². The minimum Gasteiger partial charge on any atom is -0.377 e. The average Bonchev–Trinajstić information content (AvgIpc) is 2.97. The van der Waals surface area contributed by atoms with E-state index in [0.29, 0.717) is 6.61 Å². The number of hydrogen-bond donors (Lipinski definition) is 1. The SMILES string of the molecule is CC1(C)c2ccccc2CC1NS(=O)(=O)CC1CCCO1. The van der Waals surface area contributed by atoms with E-state index in [2.05, 4.69) is 30.7 Å². The molecule has 21 heavy (non-hydrogen) atoms. The minimum atomic E-state index is -3.31. The number of nitrogens with one attached hydrogen (secondary N) is 1. The molecule has 2 atom stereocenters. The summed E-state index contributed by atoms with van der Waals surface area (Å²) in [7, 11) is -3.31. The molecule has 1 aliphatic heterocycles. The van der Waals surface area contributed by atoms with E-state index in [1.54, 1.807) is 0 Å². The molecule has 3 rings (SSSR count). The van der Waals surface area contributed by atoms with Crippen LogP contribution in [0.25, 0.3) is 0 Å². The Hall–Kier alpha value is -0.910. The van der Waals surface area contributed by atoms with Crippen molar-refractivity contribution >= 4 is 10.0 Å². The van der Waals surface area contributed by atoms with Gasteiger partial charge in [-0.1, -0.05) is 38.1 Å². The second-order valence-corrected chi connectivity index (χ2v) is 8.47. The molecule has 5 heteroatoms. The highest BCUT2D eigenvalue weighted by molar-refractivity contribution is 7.89. The van der Waals surface area contributed by atoms with Gasteiger partial charge in [0.05, 0.1) is 11.9 Å². The molecule has 1 aliphatic carbocycles. The lowest BCUT2D eigenvalue weighted by Gasteiger charge is -2.29. The quantitative estimate of drug-likeness (QED) is 0.925. The van der Waals surface area contributed by atoms with Gasteiger partial charge in [0.1, 0.15) is 0 Å². The Kier molecular flexibility index (Phi) is 3.84. The van der Waals surface area contributed by atoms with E-state index in [4.69, 9.17) is 4.74 Å². The molecule has 0 saturated carbocycles. The molecule has 1 N–H and O–H groups in total. The predicted molar refractivity (Wildman–Crippen MR) is 82.9 cm³/mol. The van der Waals surface area contributed by atoms with Gasteiger partial charge in [-0.2, -0.15) is 0 Å². The maximum atomic E-state index is 12.4.